The Morgan fingerprint density at radius 1 is 0.550 bits per heavy atom. The van der Waals surface area contributed by atoms with E-state index < -0.39 is 27.8 Å². The lowest BCUT2D eigenvalue weighted by Gasteiger charge is -2.36. The van der Waals surface area contributed by atoms with Crippen molar-refractivity contribution in [1.82, 2.24) is 0 Å². The molecule has 0 amide bonds. The molecule has 0 bridgehead atoms. The van der Waals surface area contributed by atoms with Crippen molar-refractivity contribution in [2.24, 2.45) is 0 Å². The molecule has 4 aromatic carbocycles. The average Bonchev–Trinajstić information content (AvgIpc) is 3.85. The normalized spacial score (nSPS) is 16.4. The molecule has 2 N–H and O–H groups in total. The van der Waals surface area contributed by atoms with E-state index in [9.17, 15) is 19.0 Å². The molecule has 0 atom stereocenters. The van der Waals surface area contributed by atoms with Gasteiger partial charge in [-0.3, -0.25) is 0 Å². The van der Waals surface area contributed by atoms with Crippen LogP contribution in [0.3, 0.4) is 0 Å². The van der Waals surface area contributed by atoms with Crippen LogP contribution in [0.25, 0.3) is 22.3 Å². The Hall–Kier alpha value is -3.65. The van der Waals surface area contributed by atoms with Gasteiger partial charge in [-0.1, -0.05) is 103 Å². The van der Waals surface area contributed by atoms with Crippen LogP contribution in [0.1, 0.15) is 102 Å². The van der Waals surface area contributed by atoms with Crippen LogP contribution in [0.5, 0.6) is 11.5 Å². The quantitative estimate of drug-likeness (QED) is 0.109. The molecule has 6 nitrogen and oxygen atoms in total. The fourth-order valence-corrected chi connectivity index (χ4v) is 9.25. The van der Waals surface area contributed by atoms with Crippen LogP contribution in [-0.2, 0) is 33.3 Å². The Morgan fingerprint density at radius 3 is 1.30 bits per heavy atom. The van der Waals surface area contributed by atoms with Crippen LogP contribution >= 0.6 is 0 Å². The second kappa shape index (κ2) is 18.4. The molecule has 2 aliphatic rings. The number of hydrogen-bond donors (Lipinski definition) is 2. The second-order valence-electron chi connectivity index (χ2n) is 19.7. The SMILES string of the molecule is COc1ccc(F)c(-c2ccc(CO[Si](C)(C)C(C)(C)C)cc2C2(O)CC=CC2)c1.COc1ccc(F)c(-c2ccc(CO[Si](C)(C)C(C)(C)C)cc2C2(O)CCCC2)c1. The van der Waals surface area contributed by atoms with E-state index in [2.05, 4.69) is 67.7 Å². The van der Waals surface area contributed by atoms with Crippen molar-refractivity contribution in [3.05, 3.63) is 119 Å². The van der Waals surface area contributed by atoms with Crippen LogP contribution in [0.15, 0.2) is 84.9 Å². The van der Waals surface area contributed by atoms with Gasteiger partial charge in [0.15, 0.2) is 16.6 Å². The molecule has 10 heteroatoms. The summed E-state index contributed by atoms with van der Waals surface area (Å²) in [6.45, 7) is 23.2. The van der Waals surface area contributed by atoms with Crippen LogP contribution < -0.4 is 9.47 Å². The minimum absolute atomic E-state index is 0.118. The Labute approximate surface area is 360 Å². The lowest BCUT2D eigenvalue weighted by molar-refractivity contribution is 0.0448. The predicted octanol–water partition coefficient (Wildman–Crippen LogP) is 13.3. The number of halogens is 2. The lowest BCUT2D eigenvalue weighted by atomic mass is 9.84. The Balaban J connectivity index is 0.000000228. The number of rotatable bonds is 12. The maximum absolute atomic E-state index is 14.8. The molecule has 4 aromatic rings. The monoisotopic (exact) mass is 858 g/mol. The van der Waals surface area contributed by atoms with Gasteiger partial charge in [0.2, 0.25) is 0 Å². The van der Waals surface area contributed by atoms with E-state index in [-0.39, 0.29) is 21.7 Å². The van der Waals surface area contributed by atoms with E-state index >= 15 is 0 Å². The molecule has 0 spiro atoms. The molecule has 0 radical (unpaired) electrons. The van der Waals surface area contributed by atoms with Gasteiger partial charge in [-0.25, -0.2) is 8.78 Å². The number of methoxy groups -OCH3 is 2. The first-order valence-electron chi connectivity index (χ1n) is 21.3. The highest BCUT2D eigenvalue weighted by Crippen LogP contribution is 2.46. The molecule has 0 unspecified atom stereocenters. The van der Waals surface area contributed by atoms with E-state index in [0.717, 1.165) is 40.7 Å². The topological polar surface area (TPSA) is 77.4 Å². The molecule has 1 saturated carbocycles. The summed E-state index contributed by atoms with van der Waals surface area (Å²) in [5, 5.41) is 23.0. The van der Waals surface area contributed by atoms with Crippen molar-refractivity contribution in [3.63, 3.8) is 0 Å². The predicted molar refractivity (Wildman–Crippen MR) is 245 cm³/mol. The smallest absolute Gasteiger partial charge is 0.192 e. The molecule has 0 aromatic heterocycles. The molecule has 1 fully saturated rings. The summed E-state index contributed by atoms with van der Waals surface area (Å²) in [5.41, 5.74) is 3.86. The standard InChI is InChI=1S/C25H35FO3Si.C25H33FO3Si/c2*1-24(2,3)30(5,6)29-17-18-9-11-20(21-16-19(28-4)10-12-23(21)26)22(15-18)25(27)13-7-8-14-25/h9-12,15-16,27H,7-8,13-14,17H2,1-6H3;7-12,15-16,27H,13-14,17H2,1-6H3. The van der Waals surface area contributed by atoms with Gasteiger partial charge in [0, 0.05) is 11.1 Å². The summed E-state index contributed by atoms with van der Waals surface area (Å²) in [4.78, 5) is 0. The molecule has 0 heterocycles. The van der Waals surface area contributed by atoms with Gasteiger partial charge in [0.05, 0.1) is 38.6 Å². The van der Waals surface area contributed by atoms with Gasteiger partial charge in [0.1, 0.15) is 23.1 Å². The minimum Gasteiger partial charge on any atom is -0.497 e. The summed E-state index contributed by atoms with van der Waals surface area (Å²) in [6, 6.07) is 21.2. The van der Waals surface area contributed by atoms with Gasteiger partial charge < -0.3 is 28.5 Å². The zero-order chi connectivity index (χ0) is 44.3. The average molecular weight is 859 g/mol. The Bertz CT molecular complexity index is 2000. The van der Waals surface area contributed by atoms with E-state index in [1.165, 1.54) is 12.1 Å². The highest BCUT2D eigenvalue weighted by atomic mass is 28.4. The second-order valence-corrected chi connectivity index (χ2v) is 29.3. The van der Waals surface area contributed by atoms with Crippen molar-refractivity contribution in [2.75, 3.05) is 14.2 Å². The summed E-state index contributed by atoms with van der Waals surface area (Å²) in [6.07, 6.45) is 8.31. The third-order valence-corrected chi connectivity index (χ3v) is 22.4. The molecule has 6 rings (SSSR count). The molecule has 60 heavy (non-hydrogen) atoms. The first kappa shape index (κ1) is 47.4. The first-order chi connectivity index (χ1) is 27.9. The van der Waals surface area contributed by atoms with Gasteiger partial charge in [0.25, 0.3) is 0 Å². The number of aliphatic hydroxyl groups is 2. The number of benzene rings is 4. The zero-order valence-corrected chi connectivity index (χ0v) is 40.0. The molecular weight excluding hydrogens is 791 g/mol. The number of hydrogen-bond acceptors (Lipinski definition) is 6. The zero-order valence-electron chi connectivity index (χ0n) is 38.0. The third kappa shape index (κ3) is 10.7. The molecule has 2 aliphatic carbocycles. The van der Waals surface area contributed by atoms with E-state index in [1.54, 1.807) is 38.5 Å². The molecular formula is C50H68F2O6Si2. The fraction of sp³-hybridized carbons (Fsp3) is 0.480. The summed E-state index contributed by atoms with van der Waals surface area (Å²) in [7, 11) is -0.662. The van der Waals surface area contributed by atoms with Crippen molar-refractivity contribution in [2.45, 2.75) is 141 Å². The van der Waals surface area contributed by atoms with Crippen LogP contribution in [-0.4, -0.2) is 41.1 Å². The van der Waals surface area contributed by atoms with Gasteiger partial charge in [-0.2, -0.15) is 0 Å². The van der Waals surface area contributed by atoms with Crippen molar-refractivity contribution >= 4 is 16.6 Å². The summed E-state index contributed by atoms with van der Waals surface area (Å²) in [5.74, 6) is 0.529. The van der Waals surface area contributed by atoms with Crippen LogP contribution in [0.4, 0.5) is 8.78 Å². The minimum atomic E-state index is -1.91. The maximum Gasteiger partial charge on any atom is 0.192 e. The van der Waals surface area contributed by atoms with Gasteiger partial charge in [-0.15, -0.1) is 0 Å². The van der Waals surface area contributed by atoms with Crippen LogP contribution in [0.2, 0.25) is 36.3 Å². The van der Waals surface area contributed by atoms with Crippen LogP contribution in [0, 0.1) is 11.6 Å². The summed E-state index contributed by atoms with van der Waals surface area (Å²) >= 11 is 0. The fourth-order valence-electron chi connectivity index (χ4n) is 7.33. The Morgan fingerprint density at radius 2 is 0.933 bits per heavy atom. The van der Waals surface area contributed by atoms with Crippen molar-refractivity contribution < 1.29 is 37.3 Å². The third-order valence-electron chi connectivity index (χ3n) is 13.4. The molecule has 0 aliphatic heterocycles. The number of ether oxygens (including phenoxy) is 2. The first-order valence-corrected chi connectivity index (χ1v) is 27.1. The van der Waals surface area contributed by atoms with Gasteiger partial charge >= 0.3 is 0 Å². The van der Waals surface area contributed by atoms with E-state index in [4.69, 9.17) is 18.3 Å². The largest absolute Gasteiger partial charge is 0.497 e. The Kier molecular flexibility index (Phi) is 14.5. The van der Waals surface area contributed by atoms with E-state index in [0.29, 0.717) is 67.1 Å². The van der Waals surface area contributed by atoms with E-state index in [1.807, 2.05) is 48.6 Å². The summed E-state index contributed by atoms with van der Waals surface area (Å²) < 4.78 is 52.9. The lowest BCUT2D eigenvalue weighted by Crippen LogP contribution is -2.40. The molecule has 0 saturated heterocycles. The maximum atomic E-state index is 14.8. The molecule has 326 valence electrons. The van der Waals surface area contributed by atoms with Crippen molar-refractivity contribution in [3.8, 4) is 33.8 Å². The highest BCUT2D eigenvalue weighted by molar-refractivity contribution is 6.74. The highest BCUT2D eigenvalue weighted by Gasteiger charge is 2.40. The van der Waals surface area contributed by atoms with Gasteiger partial charge in [-0.05, 0) is 132 Å². The van der Waals surface area contributed by atoms with Crippen molar-refractivity contribution in [1.29, 1.82) is 0 Å².